The minimum Gasteiger partial charge on any atom is -0.383 e. The average Bonchev–Trinajstić information content (AvgIpc) is 1.99. The Kier molecular flexibility index (Phi) is 3.02. The van der Waals surface area contributed by atoms with Crippen molar-refractivity contribution in [1.29, 1.82) is 0 Å². The molecule has 0 bridgehead atoms. The highest BCUT2D eigenvalue weighted by Crippen LogP contribution is 1.93. The minimum absolute atomic E-state index is 0.193. The first kappa shape index (κ1) is 9.73. The number of aromatic amines is 1. The van der Waals surface area contributed by atoms with Crippen molar-refractivity contribution < 1.29 is 0 Å². The molecule has 0 radical (unpaired) electrons. The van der Waals surface area contributed by atoms with Gasteiger partial charge in [0, 0.05) is 19.0 Å². The quantitative estimate of drug-likeness (QED) is 0.658. The molecule has 1 rings (SSSR count). The normalized spacial score (nSPS) is 10.7. The summed E-state index contributed by atoms with van der Waals surface area (Å²) in [5.41, 5.74) is 5.23. The van der Waals surface area contributed by atoms with Crippen LogP contribution in [0, 0.1) is 0 Å². The monoisotopic (exact) mass is 182 g/mol. The number of rotatable bonds is 3. The second-order valence-electron chi connectivity index (χ2n) is 3.17. The first-order valence-corrected chi connectivity index (χ1v) is 4.08. The lowest BCUT2D eigenvalue weighted by atomic mass is 10.4. The van der Waals surface area contributed by atoms with Crippen LogP contribution in [0.3, 0.4) is 0 Å². The van der Waals surface area contributed by atoms with Crippen molar-refractivity contribution in [2.75, 3.05) is 26.4 Å². The van der Waals surface area contributed by atoms with Crippen molar-refractivity contribution in [1.82, 2.24) is 14.9 Å². The molecule has 0 aliphatic carbocycles. The number of aromatic nitrogens is 2. The molecule has 1 aromatic rings. The number of hydrogen-bond acceptors (Lipinski definition) is 4. The maximum Gasteiger partial charge on any atom is 0.252 e. The molecule has 5 nitrogen and oxygen atoms in total. The molecule has 1 heterocycles. The Morgan fingerprint density at radius 1 is 1.62 bits per heavy atom. The van der Waals surface area contributed by atoms with Crippen LogP contribution in [-0.4, -0.2) is 35.5 Å². The average molecular weight is 182 g/mol. The Morgan fingerprint density at radius 2 is 2.31 bits per heavy atom. The molecule has 72 valence electrons. The number of nitrogen functional groups attached to an aromatic ring is 1. The van der Waals surface area contributed by atoms with E-state index < -0.39 is 0 Å². The van der Waals surface area contributed by atoms with E-state index >= 15 is 0 Å². The highest BCUT2D eigenvalue weighted by Gasteiger charge is 1.98. The highest BCUT2D eigenvalue weighted by atomic mass is 16.1. The van der Waals surface area contributed by atoms with Gasteiger partial charge in [0.2, 0.25) is 0 Å². The number of H-pyrrole nitrogens is 1. The molecular weight excluding hydrogens is 168 g/mol. The Hall–Kier alpha value is -1.36. The second-order valence-corrected chi connectivity index (χ2v) is 3.17. The molecule has 3 N–H and O–H groups in total. The maximum atomic E-state index is 11.0. The van der Waals surface area contributed by atoms with Gasteiger partial charge in [-0.2, -0.15) is 0 Å². The minimum atomic E-state index is -0.193. The van der Waals surface area contributed by atoms with Gasteiger partial charge in [-0.3, -0.25) is 4.79 Å². The molecule has 0 atom stereocenters. The molecule has 13 heavy (non-hydrogen) atoms. The molecule has 0 saturated heterocycles. The van der Waals surface area contributed by atoms with Crippen LogP contribution in [0.5, 0.6) is 0 Å². The highest BCUT2D eigenvalue weighted by molar-refractivity contribution is 5.25. The van der Waals surface area contributed by atoms with Crippen molar-refractivity contribution in [3.05, 3.63) is 22.2 Å². The van der Waals surface area contributed by atoms with Crippen LogP contribution < -0.4 is 11.3 Å². The van der Waals surface area contributed by atoms with Gasteiger partial charge in [-0.25, -0.2) is 4.98 Å². The molecule has 0 fully saturated rings. The van der Waals surface area contributed by atoms with Gasteiger partial charge >= 0.3 is 0 Å². The molecule has 5 heteroatoms. The third-order valence-corrected chi connectivity index (χ3v) is 1.61. The summed E-state index contributed by atoms with van der Waals surface area (Å²) in [5, 5.41) is 0. The summed E-state index contributed by atoms with van der Waals surface area (Å²) in [6.45, 7) is 0.840. The fraction of sp³-hybridized carbons (Fsp3) is 0.500. The van der Waals surface area contributed by atoms with Crippen molar-refractivity contribution in [3.8, 4) is 0 Å². The Bertz CT molecular complexity index is 331. The third-order valence-electron chi connectivity index (χ3n) is 1.61. The van der Waals surface area contributed by atoms with Crippen molar-refractivity contribution in [2.24, 2.45) is 0 Å². The van der Waals surface area contributed by atoms with E-state index in [9.17, 15) is 4.79 Å². The van der Waals surface area contributed by atoms with Gasteiger partial charge in [-0.05, 0) is 14.1 Å². The molecule has 0 aromatic carbocycles. The van der Waals surface area contributed by atoms with Crippen LogP contribution in [0.25, 0.3) is 0 Å². The summed E-state index contributed by atoms with van der Waals surface area (Å²) in [6, 6.07) is 1.28. The lowest BCUT2D eigenvalue weighted by Gasteiger charge is -2.08. The van der Waals surface area contributed by atoms with Crippen LogP contribution in [0.2, 0.25) is 0 Å². The number of anilines is 1. The Balaban J connectivity index is 2.72. The fourth-order valence-corrected chi connectivity index (χ4v) is 0.977. The molecule has 0 aliphatic heterocycles. The first-order valence-electron chi connectivity index (χ1n) is 4.08. The molecule has 0 spiro atoms. The zero-order valence-electron chi connectivity index (χ0n) is 7.87. The summed E-state index contributed by atoms with van der Waals surface area (Å²) < 4.78 is 0. The lowest BCUT2D eigenvalue weighted by Crippen LogP contribution is -2.19. The van der Waals surface area contributed by atoms with E-state index in [1.165, 1.54) is 6.07 Å². The van der Waals surface area contributed by atoms with Gasteiger partial charge in [0.15, 0.2) is 0 Å². The Morgan fingerprint density at radius 3 is 2.85 bits per heavy atom. The smallest absolute Gasteiger partial charge is 0.252 e. The van der Waals surface area contributed by atoms with Crippen LogP contribution in [0.4, 0.5) is 5.82 Å². The molecule has 0 amide bonds. The summed E-state index contributed by atoms with van der Waals surface area (Å²) >= 11 is 0. The number of hydrogen-bond donors (Lipinski definition) is 2. The number of likely N-dealkylation sites (N-methyl/N-ethyl adjacent to an activating group) is 1. The van der Waals surface area contributed by atoms with Gasteiger partial charge in [-0.15, -0.1) is 0 Å². The van der Waals surface area contributed by atoms with Crippen LogP contribution in [-0.2, 0) is 6.42 Å². The largest absolute Gasteiger partial charge is 0.383 e. The van der Waals surface area contributed by atoms with Gasteiger partial charge in [0.1, 0.15) is 11.6 Å². The van der Waals surface area contributed by atoms with Gasteiger partial charge in [-0.1, -0.05) is 0 Å². The Labute approximate surface area is 76.6 Å². The van der Waals surface area contributed by atoms with Gasteiger partial charge in [0.05, 0.1) is 0 Å². The fourth-order valence-electron chi connectivity index (χ4n) is 0.977. The molecule has 0 aliphatic rings. The van der Waals surface area contributed by atoms with Crippen LogP contribution in [0.15, 0.2) is 10.9 Å². The van der Waals surface area contributed by atoms with E-state index in [0.717, 1.165) is 6.54 Å². The SMILES string of the molecule is CN(C)CCc1nc(N)cc(=O)[nH]1. The van der Waals surface area contributed by atoms with Gasteiger partial charge < -0.3 is 15.6 Å². The topological polar surface area (TPSA) is 75.0 Å². The predicted octanol–water partition coefficient (Wildman–Crippen LogP) is -0.544. The van der Waals surface area contributed by atoms with E-state index in [4.69, 9.17) is 5.73 Å². The number of nitrogens with zero attached hydrogens (tertiary/aromatic N) is 2. The number of nitrogens with two attached hydrogens (primary N) is 1. The van der Waals surface area contributed by atoms with Crippen molar-refractivity contribution in [2.45, 2.75) is 6.42 Å². The molecule has 0 saturated carbocycles. The van der Waals surface area contributed by atoms with Crippen LogP contribution in [0.1, 0.15) is 5.82 Å². The zero-order chi connectivity index (χ0) is 9.84. The molecular formula is C8H14N4O. The van der Waals surface area contributed by atoms with Crippen LogP contribution >= 0.6 is 0 Å². The first-order chi connectivity index (χ1) is 6.08. The van der Waals surface area contributed by atoms with E-state index in [0.29, 0.717) is 12.2 Å². The predicted molar refractivity (Wildman–Crippen MR) is 51.5 cm³/mol. The van der Waals surface area contributed by atoms with E-state index in [1.54, 1.807) is 0 Å². The summed E-state index contributed by atoms with van der Waals surface area (Å²) in [7, 11) is 3.93. The third kappa shape index (κ3) is 3.25. The van der Waals surface area contributed by atoms with Crippen molar-refractivity contribution >= 4 is 5.82 Å². The van der Waals surface area contributed by atoms with E-state index in [1.807, 2.05) is 19.0 Å². The van der Waals surface area contributed by atoms with Gasteiger partial charge in [0.25, 0.3) is 5.56 Å². The molecule has 1 aromatic heterocycles. The van der Waals surface area contributed by atoms with E-state index in [-0.39, 0.29) is 11.4 Å². The molecule has 0 unspecified atom stereocenters. The number of nitrogens with one attached hydrogen (secondary N) is 1. The summed E-state index contributed by atoms with van der Waals surface area (Å²) in [6.07, 6.45) is 0.702. The van der Waals surface area contributed by atoms with Crippen molar-refractivity contribution in [3.63, 3.8) is 0 Å². The maximum absolute atomic E-state index is 11.0. The van der Waals surface area contributed by atoms with E-state index in [2.05, 4.69) is 9.97 Å². The second kappa shape index (κ2) is 4.04. The zero-order valence-corrected chi connectivity index (χ0v) is 7.87. The lowest BCUT2D eigenvalue weighted by molar-refractivity contribution is 0.409. The summed E-state index contributed by atoms with van der Waals surface area (Å²) in [4.78, 5) is 19.6. The summed E-state index contributed by atoms with van der Waals surface area (Å²) in [5.74, 6) is 0.913. The standard InChI is InChI=1S/C8H14N4O/c1-12(2)4-3-7-10-6(9)5-8(13)11-7/h5H,3-4H2,1-2H3,(H3,9,10,11,13).